The second-order valence-electron chi connectivity index (χ2n) is 5.51. The Bertz CT molecular complexity index is 604. The van der Waals surface area contributed by atoms with Gasteiger partial charge in [0.1, 0.15) is 5.75 Å². The molecule has 1 aliphatic rings. The van der Waals surface area contributed by atoms with Crippen molar-refractivity contribution in [1.82, 2.24) is 5.32 Å². The maximum absolute atomic E-state index is 11.9. The third kappa shape index (κ3) is 4.99. The molecule has 4 N–H and O–H groups in total. The fourth-order valence-corrected chi connectivity index (χ4v) is 2.12. The number of carbonyl (C=O) groups is 2. The molecule has 6 nitrogen and oxygen atoms in total. The van der Waals surface area contributed by atoms with Crippen LogP contribution >= 0.6 is 24.0 Å². The Morgan fingerprint density at radius 1 is 1.39 bits per heavy atom. The second-order valence-corrected chi connectivity index (χ2v) is 5.92. The minimum Gasteiger partial charge on any atom is -0.495 e. The largest absolute Gasteiger partial charge is 0.495 e. The number of hydrogen-bond donors (Lipinski definition) is 3. The van der Waals surface area contributed by atoms with Crippen molar-refractivity contribution in [2.24, 2.45) is 5.73 Å². The van der Waals surface area contributed by atoms with E-state index in [1.807, 2.05) is 6.92 Å². The lowest BCUT2D eigenvalue weighted by Crippen LogP contribution is -2.43. The lowest BCUT2D eigenvalue weighted by Gasteiger charge is -2.13. The second kappa shape index (κ2) is 7.86. The Balaban J connectivity index is 0.00000264. The molecule has 8 heteroatoms. The molecule has 2 amide bonds. The van der Waals surface area contributed by atoms with Crippen LogP contribution in [0, 0.1) is 6.92 Å². The maximum atomic E-state index is 11.9. The zero-order valence-corrected chi connectivity index (χ0v) is 14.6. The first-order valence-corrected chi connectivity index (χ1v) is 7.45. The van der Waals surface area contributed by atoms with Crippen molar-refractivity contribution in [3.63, 3.8) is 0 Å². The van der Waals surface area contributed by atoms with Gasteiger partial charge >= 0.3 is 0 Å². The number of amides is 2. The molecule has 0 unspecified atom stereocenters. The molecule has 1 aromatic rings. The standard InChI is InChI=1S/C15H20ClN3O3.ClH/c1-9-7-11(12(22-2)8-10(9)16)19-13(20)3-6-18-14(21)15(17)4-5-15;/h7-8H,3-6,17H2,1-2H3,(H,18,21)(H,19,20);1H. The summed E-state index contributed by atoms with van der Waals surface area (Å²) in [6, 6.07) is 3.40. The van der Waals surface area contributed by atoms with Crippen LogP contribution < -0.4 is 21.1 Å². The van der Waals surface area contributed by atoms with Crippen LogP contribution in [-0.4, -0.2) is 31.0 Å². The highest BCUT2D eigenvalue weighted by molar-refractivity contribution is 6.31. The molecular formula is C15H21Cl2N3O3. The van der Waals surface area contributed by atoms with E-state index >= 15 is 0 Å². The van der Waals surface area contributed by atoms with Crippen LogP contribution in [-0.2, 0) is 9.59 Å². The van der Waals surface area contributed by atoms with Gasteiger partial charge < -0.3 is 21.1 Å². The number of aryl methyl sites for hydroxylation is 1. The molecule has 0 aliphatic heterocycles. The molecule has 1 aromatic carbocycles. The van der Waals surface area contributed by atoms with Crippen molar-refractivity contribution in [2.75, 3.05) is 19.0 Å². The summed E-state index contributed by atoms with van der Waals surface area (Å²) in [5, 5.41) is 6.00. The molecule has 2 rings (SSSR count). The number of rotatable bonds is 6. The fraction of sp³-hybridized carbons (Fsp3) is 0.467. The Labute approximate surface area is 146 Å². The van der Waals surface area contributed by atoms with E-state index in [4.69, 9.17) is 22.1 Å². The van der Waals surface area contributed by atoms with E-state index in [1.165, 1.54) is 7.11 Å². The first-order valence-electron chi connectivity index (χ1n) is 7.07. The molecule has 0 aromatic heterocycles. The summed E-state index contributed by atoms with van der Waals surface area (Å²) < 4.78 is 5.19. The van der Waals surface area contributed by atoms with Gasteiger partial charge in [-0.15, -0.1) is 12.4 Å². The third-order valence-corrected chi connectivity index (χ3v) is 4.04. The Morgan fingerprint density at radius 2 is 2.04 bits per heavy atom. The molecule has 0 spiro atoms. The minimum absolute atomic E-state index is 0. The van der Waals surface area contributed by atoms with Crippen molar-refractivity contribution in [3.8, 4) is 5.75 Å². The summed E-state index contributed by atoms with van der Waals surface area (Å²) in [5.74, 6) is 0.0780. The summed E-state index contributed by atoms with van der Waals surface area (Å²) in [5.41, 5.74) is 6.43. The number of halogens is 2. The highest BCUT2D eigenvalue weighted by Crippen LogP contribution is 2.32. The monoisotopic (exact) mass is 361 g/mol. The normalized spacial score (nSPS) is 14.4. The number of ether oxygens (including phenoxy) is 1. The van der Waals surface area contributed by atoms with Gasteiger partial charge in [-0.2, -0.15) is 0 Å². The number of carbonyl (C=O) groups excluding carboxylic acids is 2. The summed E-state index contributed by atoms with van der Waals surface area (Å²) in [6.45, 7) is 2.09. The van der Waals surface area contributed by atoms with Gasteiger partial charge in [0.2, 0.25) is 11.8 Å². The summed E-state index contributed by atoms with van der Waals surface area (Å²) in [7, 11) is 1.51. The van der Waals surface area contributed by atoms with Crippen molar-refractivity contribution >= 4 is 41.5 Å². The smallest absolute Gasteiger partial charge is 0.240 e. The van der Waals surface area contributed by atoms with Gasteiger partial charge in [-0.3, -0.25) is 9.59 Å². The molecule has 1 fully saturated rings. The molecule has 128 valence electrons. The molecular weight excluding hydrogens is 341 g/mol. The van der Waals surface area contributed by atoms with E-state index in [9.17, 15) is 9.59 Å². The average molecular weight is 362 g/mol. The quantitative estimate of drug-likeness (QED) is 0.722. The fourth-order valence-electron chi connectivity index (χ4n) is 1.97. The minimum atomic E-state index is -0.715. The van der Waals surface area contributed by atoms with E-state index in [0.29, 0.717) is 29.3 Å². The van der Waals surface area contributed by atoms with Crippen LogP contribution in [0.2, 0.25) is 5.02 Å². The molecule has 1 aliphatic carbocycles. The van der Waals surface area contributed by atoms with E-state index in [-0.39, 0.29) is 37.2 Å². The zero-order valence-electron chi connectivity index (χ0n) is 13.1. The van der Waals surface area contributed by atoms with Gasteiger partial charge in [0.05, 0.1) is 18.3 Å². The number of methoxy groups -OCH3 is 1. The lowest BCUT2D eigenvalue weighted by molar-refractivity contribution is -0.123. The maximum Gasteiger partial charge on any atom is 0.240 e. The van der Waals surface area contributed by atoms with E-state index < -0.39 is 5.54 Å². The summed E-state index contributed by atoms with van der Waals surface area (Å²) >= 11 is 6.02. The van der Waals surface area contributed by atoms with E-state index in [0.717, 1.165) is 5.56 Å². The van der Waals surface area contributed by atoms with Crippen LogP contribution in [0.5, 0.6) is 5.75 Å². The van der Waals surface area contributed by atoms with Crippen molar-refractivity contribution in [3.05, 3.63) is 22.7 Å². The number of benzene rings is 1. The van der Waals surface area contributed by atoms with Crippen LogP contribution in [0.1, 0.15) is 24.8 Å². The number of hydrogen-bond acceptors (Lipinski definition) is 4. The van der Waals surface area contributed by atoms with Gasteiger partial charge in [0, 0.05) is 24.1 Å². The van der Waals surface area contributed by atoms with Gasteiger partial charge in [0.25, 0.3) is 0 Å². The Kier molecular flexibility index (Phi) is 6.68. The molecule has 0 atom stereocenters. The first kappa shape index (κ1) is 19.5. The van der Waals surface area contributed by atoms with E-state index in [1.54, 1.807) is 12.1 Å². The highest BCUT2D eigenvalue weighted by Gasteiger charge is 2.45. The van der Waals surface area contributed by atoms with Gasteiger partial charge in [-0.1, -0.05) is 11.6 Å². The molecule has 0 bridgehead atoms. The van der Waals surface area contributed by atoms with Crippen LogP contribution in [0.4, 0.5) is 5.69 Å². The Morgan fingerprint density at radius 3 is 2.61 bits per heavy atom. The topological polar surface area (TPSA) is 93.5 Å². The third-order valence-electron chi connectivity index (χ3n) is 3.63. The molecule has 0 heterocycles. The van der Waals surface area contributed by atoms with Crippen molar-refractivity contribution in [2.45, 2.75) is 31.7 Å². The molecule has 0 saturated heterocycles. The van der Waals surface area contributed by atoms with Crippen LogP contribution in [0.3, 0.4) is 0 Å². The molecule has 1 saturated carbocycles. The highest BCUT2D eigenvalue weighted by atomic mass is 35.5. The zero-order chi connectivity index (χ0) is 16.3. The average Bonchev–Trinajstić information content (AvgIpc) is 3.21. The lowest BCUT2D eigenvalue weighted by atomic mass is 10.2. The van der Waals surface area contributed by atoms with Crippen molar-refractivity contribution < 1.29 is 14.3 Å². The summed E-state index contributed by atoms with van der Waals surface area (Å²) in [6.07, 6.45) is 1.56. The van der Waals surface area contributed by atoms with Gasteiger partial charge in [-0.05, 0) is 31.4 Å². The first-order chi connectivity index (χ1) is 10.4. The van der Waals surface area contributed by atoms with Crippen LogP contribution in [0.25, 0.3) is 0 Å². The van der Waals surface area contributed by atoms with Crippen molar-refractivity contribution in [1.29, 1.82) is 0 Å². The van der Waals surface area contributed by atoms with Crippen LogP contribution in [0.15, 0.2) is 12.1 Å². The molecule has 0 radical (unpaired) electrons. The predicted octanol–water partition coefficient (Wildman–Crippen LogP) is 2.01. The van der Waals surface area contributed by atoms with Gasteiger partial charge in [0.15, 0.2) is 0 Å². The van der Waals surface area contributed by atoms with Gasteiger partial charge in [-0.25, -0.2) is 0 Å². The number of anilines is 1. The SMILES string of the molecule is COc1cc(Cl)c(C)cc1NC(=O)CCNC(=O)C1(N)CC1.Cl. The molecule has 23 heavy (non-hydrogen) atoms. The Hall–Kier alpha value is -1.50. The van der Waals surface area contributed by atoms with E-state index in [2.05, 4.69) is 10.6 Å². The predicted molar refractivity (Wildman–Crippen MR) is 92.4 cm³/mol. The number of nitrogens with two attached hydrogens (primary N) is 1. The number of nitrogens with one attached hydrogen (secondary N) is 2. The summed E-state index contributed by atoms with van der Waals surface area (Å²) in [4.78, 5) is 23.6.